The minimum atomic E-state index is -4.64. The van der Waals surface area contributed by atoms with Gasteiger partial charge < -0.3 is 4.90 Å². The highest BCUT2D eigenvalue weighted by molar-refractivity contribution is 9.10. The van der Waals surface area contributed by atoms with Gasteiger partial charge in [0.25, 0.3) is 0 Å². The lowest BCUT2D eigenvalue weighted by Gasteiger charge is -2.31. The molecule has 11 heteroatoms. The Kier molecular flexibility index (Phi) is 7.10. The number of nitrogens with zero attached hydrogens (tertiary/aromatic N) is 2. The third-order valence-corrected chi connectivity index (χ3v) is 9.72. The van der Waals surface area contributed by atoms with Gasteiger partial charge in [0, 0.05) is 29.4 Å². The first kappa shape index (κ1) is 24.5. The summed E-state index contributed by atoms with van der Waals surface area (Å²) in [7, 11) is -4.00. The Hall–Kier alpha value is -1.62. The fourth-order valence-electron chi connectivity index (χ4n) is 3.81. The predicted molar refractivity (Wildman–Crippen MR) is 128 cm³/mol. The van der Waals surface area contributed by atoms with Gasteiger partial charge >= 0.3 is 6.18 Å². The van der Waals surface area contributed by atoms with E-state index in [9.17, 15) is 21.6 Å². The minimum absolute atomic E-state index is 0.192. The van der Waals surface area contributed by atoms with Crippen molar-refractivity contribution in [2.45, 2.75) is 35.6 Å². The maximum absolute atomic E-state index is 13.1. The van der Waals surface area contributed by atoms with Crippen molar-refractivity contribution < 1.29 is 21.6 Å². The molecule has 4 rings (SSSR count). The van der Waals surface area contributed by atoms with E-state index in [2.05, 4.69) is 15.9 Å². The first-order valence-corrected chi connectivity index (χ1v) is 13.7. The van der Waals surface area contributed by atoms with E-state index in [4.69, 9.17) is 16.6 Å². The van der Waals surface area contributed by atoms with E-state index < -0.39 is 31.7 Å². The average Bonchev–Trinajstić information content (AvgIpc) is 3.21. The van der Waals surface area contributed by atoms with Crippen LogP contribution in [0, 0.1) is 0 Å². The first-order chi connectivity index (χ1) is 15.5. The van der Waals surface area contributed by atoms with E-state index in [0.29, 0.717) is 25.6 Å². The summed E-state index contributed by atoms with van der Waals surface area (Å²) in [6.45, 7) is 0.897. The van der Waals surface area contributed by atoms with Crippen molar-refractivity contribution in [2.24, 2.45) is 0 Å². The number of halogens is 5. The summed E-state index contributed by atoms with van der Waals surface area (Å²) in [6.07, 6.45) is -3.38. The molecular formula is C22H19BrClF3N2O2S2. The zero-order valence-electron chi connectivity index (χ0n) is 17.1. The summed E-state index contributed by atoms with van der Waals surface area (Å²) in [4.78, 5) is 6.26. The Morgan fingerprint density at radius 3 is 2.55 bits per heavy atom. The van der Waals surface area contributed by atoms with Crippen LogP contribution < -0.4 is 4.90 Å². The van der Waals surface area contributed by atoms with Gasteiger partial charge in [-0.1, -0.05) is 39.7 Å². The Labute approximate surface area is 207 Å². The van der Waals surface area contributed by atoms with Gasteiger partial charge in [-0.05, 0) is 48.7 Å². The van der Waals surface area contributed by atoms with E-state index in [1.807, 2.05) is 34.5 Å². The molecule has 0 radical (unpaired) electrons. The van der Waals surface area contributed by atoms with Crippen LogP contribution in [0.5, 0.6) is 0 Å². The molecule has 0 amide bonds. The van der Waals surface area contributed by atoms with Crippen molar-refractivity contribution in [1.82, 2.24) is 4.98 Å². The lowest BCUT2D eigenvalue weighted by atomic mass is 10.1. The molecule has 0 atom stereocenters. The normalized spacial score (nSPS) is 15.7. The number of anilines is 1. The number of sulfone groups is 1. The van der Waals surface area contributed by atoms with Gasteiger partial charge in [0.1, 0.15) is 0 Å². The molecule has 0 N–H and O–H groups in total. The van der Waals surface area contributed by atoms with Crippen LogP contribution in [0.1, 0.15) is 29.7 Å². The third-order valence-electron chi connectivity index (χ3n) is 5.53. The standard InChI is InChI=1S/C22H19BrClF3N2O2S2/c23-16-3-1-2-14(10-16)11-17-13-32-21(28-17)29-8-6-18(7-9-29)33(30,31)20-12-15(22(25,26)27)4-5-19(20)24/h1-5,10,12-13,18H,6-9,11H2. The second kappa shape index (κ2) is 9.56. The van der Waals surface area contributed by atoms with Crippen LogP contribution in [-0.2, 0) is 22.4 Å². The highest BCUT2D eigenvalue weighted by Crippen LogP contribution is 2.36. The Balaban J connectivity index is 1.44. The molecule has 0 spiro atoms. The molecule has 0 unspecified atom stereocenters. The number of rotatable bonds is 5. The summed E-state index contributed by atoms with van der Waals surface area (Å²) < 4.78 is 66.4. The molecular weight excluding hydrogens is 561 g/mol. The SMILES string of the molecule is O=S(=O)(c1cc(C(F)(F)F)ccc1Cl)C1CCN(c2nc(Cc3cccc(Br)c3)cs2)CC1. The summed E-state index contributed by atoms with van der Waals surface area (Å²) in [5.41, 5.74) is 1.03. The fourth-order valence-corrected chi connectivity index (χ4v) is 7.40. The van der Waals surface area contributed by atoms with Gasteiger partial charge in [-0.15, -0.1) is 11.3 Å². The number of hydrogen-bond acceptors (Lipinski definition) is 5. The monoisotopic (exact) mass is 578 g/mol. The van der Waals surface area contributed by atoms with E-state index in [1.165, 1.54) is 11.3 Å². The highest BCUT2D eigenvalue weighted by atomic mass is 79.9. The molecule has 176 valence electrons. The Morgan fingerprint density at radius 1 is 1.15 bits per heavy atom. The zero-order valence-corrected chi connectivity index (χ0v) is 21.1. The second-order valence-corrected chi connectivity index (χ2v) is 12.2. The van der Waals surface area contributed by atoms with Crippen LogP contribution in [0.25, 0.3) is 0 Å². The van der Waals surface area contributed by atoms with E-state index in [1.54, 1.807) is 0 Å². The molecule has 4 nitrogen and oxygen atoms in total. The molecule has 2 heterocycles. The van der Waals surface area contributed by atoms with Gasteiger partial charge in [0.05, 0.1) is 26.4 Å². The maximum atomic E-state index is 13.1. The van der Waals surface area contributed by atoms with Crippen molar-refractivity contribution in [2.75, 3.05) is 18.0 Å². The third kappa shape index (κ3) is 5.55. The summed E-state index contributed by atoms with van der Waals surface area (Å²) >= 11 is 10.9. The largest absolute Gasteiger partial charge is 0.416 e. The summed E-state index contributed by atoms with van der Waals surface area (Å²) in [6, 6.07) is 10.4. The van der Waals surface area contributed by atoms with Gasteiger partial charge in [0.15, 0.2) is 15.0 Å². The van der Waals surface area contributed by atoms with Gasteiger partial charge in [-0.3, -0.25) is 0 Å². The topological polar surface area (TPSA) is 50.3 Å². The van der Waals surface area contributed by atoms with E-state index >= 15 is 0 Å². The number of hydrogen-bond donors (Lipinski definition) is 0. The Morgan fingerprint density at radius 2 is 1.88 bits per heavy atom. The van der Waals surface area contributed by atoms with E-state index in [0.717, 1.165) is 33.0 Å². The number of aromatic nitrogens is 1. The highest BCUT2D eigenvalue weighted by Gasteiger charge is 2.36. The molecule has 3 aromatic rings. The molecule has 1 fully saturated rings. The summed E-state index contributed by atoms with van der Waals surface area (Å²) in [5, 5.41) is 1.81. The minimum Gasteiger partial charge on any atom is -0.348 e. The average molecular weight is 580 g/mol. The Bertz CT molecular complexity index is 1260. The molecule has 1 saturated heterocycles. The summed E-state index contributed by atoms with van der Waals surface area (Å²) in [5.74, 6) is 0. The van der Waals surface area contributed by atoms with Crippen molar-refractivity contribution in [3.05, 3.63) is 74.2 Å². The number of piperidine rings is 1. The smallest absolute Gasteiger partial charge is 0.348 e. The predicted octanol–water partition coefficient (Wildman–Crippen LogP) is 6.61. The molecule has 0 bridgehead atoms. The van der Waals surface area contributed by atoms with Gasteiger partial charge in [-0.25, -0.2) is 13.4 Å². The molecule has 0 saturated carbocycles. The molecule has 0 aliphatic carbocycles. The second-order valence-electron chi connectivity index (χ2n) is 7.80. The number of thiazole rings is 1. The van der Waals surface area contributed by atoms with Crippen LogP contribution in [-0.4, -0.2) is 31.7 Å². The van der Waals surface area contributed by atoms with Gasteiger partial charge in [0.2, 0.25) is 0 Å². The molecule has 33 heavy (non-hydrogen) atoms. The van der Waals surface area contributed by atoms with Crippen molar-refractivity contribution >= 4 is 53.8 Å². The molecule has 1 aromatic heterocycles. The van der Waals surface area contributed by atoms with Crippen LogP contribution in [0.2, 0.25) is 5.02 Å². The van der Waals surface area contributed by atoms with Crippen molar-refractivity contribution in [3.8, 4) is 0 Å². The lowest BCUT2D eigenvalue weighted by Crippen LogP contribution is -2.39. The maximum Gasteiger partial charge on any atom is 0.416 e. The molecule has 1 aliphatic rings. The number of benzene rings is 2. The first-order valence-electron chi connectivity index (χ1n) is 10.1. The van der Waals surface area contributed by atoms with Crippen LogP contribution in [0.4, 0.5) is 18.3 Å². The van der Waals surface area contributed by atoms with Crippen molar-refractivity contribution in [3.63, 3.8) is 0 Å². The molecule has 2 aromatic carbocycles. The molecule has 1 aliphatic heterocycles. The zero-order chi connectivity index (χ0) is 23.8. The van der Waals surface area contributed by atoms with Crippen LogP contribution >= 0.6 is 38.9 Å². The lowest BCUT2D eigenvalue weighted by molar-refractivity contribution is -0.137. The van der Waals surface area contributed by atoms with Crippen LogP contribution in [0.15, 0.2) is 57.2 Å². The van der Waals surface area contributed by atoms with Crippen LogP contribution in [0.3, 0.4) is 0 Å². The number of alkyl halides is 3. The fraction of sp³-hybridized carbons (Fsp3) is 0.318. The van der Waals surface area contributed by atoms with Gasteiger partial charge in [-0.2, -0.15) is 13.2 Å². The van der Waals surface area contributed by atoms with Crippen molar-refractivity contribution in [1.29, 1.82) is 0 Å². The quantitative estimate of drug-likeness (QED) is 0.341. The van der Waals surface area contributed by atoms with E-state index in [-0.39, 0.29) is 17.9 Å².